The van der Waals surface area contributed by atoms with E-state index in [0.29, 0.717) is 13.0 Å². The Labute approximate surface area is 125 Å². The van der Waals surface area contributed by atoms with Crippen LogP contribution in [0.2, 0.25) is 5.02 Å². The molecule has 1 atom stereocenters. The lowest BCUT2D eigenvalue weighted by Gasteiger charge is -2.33. The van der Waals surface area contributed by atoms with Gasteiger partial charge in [0.1, 0.15) is 0 Å². The topological polar surface area (TPSA) is 41.1 Å². The van der Waals surface area contributed by atoms with E-state index in [1.807, 2.05) is 0 Å². The van der Waals surface area contributed by atoms with E-state index in [2.05, 4.69) is 10.6 Å². The molecule has 2 N–H and O–H groups in total. The van der Waals surface area contributed by atoms with Crippen LogP contribution in [0.3, 0.4) is 0 Å². The highest BCUT2D eigenvalue weighted by Crippen LogP contribution is 2.37. The van der Waals surface area contributed by atoms with Crippen LogP contribution in [-0.4, -0.2) is 18.0 Å². The van der Waals surface area contributed by atoms with E-state index in [1.54, 1.807) is 6.92 Å². The van der Waals surface area contributed by atoms with Crippen molar-refractivity contribution in [2.75, 3.05) is 11.9 Å². The fraction of sp³-hybridized carbons (Fsp3) is 0.500. The van der Waals surface area contributed by atoms with E-state index in [1.165, 1.54) is 12.1 Å². The van der Waals surface area contributed by atoms with Crippen molar-refractivity contribution in [3.05, 3.63) is 28.8 Å². The van der Waals surface area contributed by atoms with E-state index in [9.17, 15) is 18.0 Å². The van der Waals surface area contributed by atoms with Gasteiger partial charge in [0, 0.05) is 5.02 Å². The molecule has 1 amide bonds. The fourth-order valence-electron chi connectivity index (χ4n) is 2.37. The summed E-state index contributed by atoms with van der Waals surface area (Å²) in [5.74, 6) is -0.463. The fourth-order valence-corrected chi connectivity index (χ4v) is 2.54. The van der Waals surface area contributed by atoms with E-state index in [-0.39, 0.29) is 10.7 Å². The molecule has 2 rings (SSSR count). The van der Waals surface area contributed by atoms with E-state index >= 15 is 0 Å². The molecular formula is C14H16ClF3N2O. The SMILES string of the molecule is CC1(C(=O)Nc2ccc(Cl)cc2C(F)(F)F)CCCCN1. The van der Waals surface area contributed by atoms with Gasteiger partial charge in [0.05, 0.1) is 16.8 Å². The molecular weight excluding hydrogens is 305 g/mol. The Kier molecular flexibility index (Phi) is 4.49. The second-order valence-corrected chi connectivity index (χ2v) is 5.79. The first-order valence-electron chi connectivity index (χ1n) is 6.66. The van der Waals surface area contributed by atoms with Gasteiger partial charge >= 0.3 is 6.18 Å². The average Bonchev–Trinajstić information content (AvgIpc) is 2.40. The Morgan fingerprint density at radius 1 is 1.38 bits per heavy atom. The number of benzene rings is 1. The summed E-state index contributed by atoms with van der Waals surface area (Å²) in [5.41, 5.74) is -2.06. The molecule has 0 aromatic heterocycles. The molecule has 0 aliphatic carbocycles. The number of rotatable bonds is 2. The van der Waals surface area contributed by atoms with Crippen LogP contribution in [0, 0.1) is 0 Å². The van der Waals surface area contributed by atoms with Gasteiger partial charge in [-0.3, -0.25) is 4.79 Å². The van der Waals surface area contributed by atoms with Crippen LogP contribution in [-0.2, 0) is 11.0 Å². The van der Waals surface area contributed by atoms with Crippen LogP contribution < -0.4 is 10.6 Å². The molecule has 7 heteroatoms. The average molecular weight is 321 g/mol. The van der Waals surface area contributed by atoms with E-state index in [0.717, 1.165) is 18.9 Å². The molecule has 1 aromatic rings. The number of piperidine rings is 1. The summed E-state index contributed by atoms with van der Waals surface area (Å²) in [6, 6.07) is 3.31. The summed E-state index contributed by atoms with van der Waals surface area (Å²) in [6.07, 6.45) is -2.16. The molecule has 0 bridgehead atoms. The lowest BCUT2D eigenvalue weighted by Crippen LogP contribution is -2.54. The zero-order chi connectivity index (χ0) is 15.7. The number of hydrogen-bond acceptors (Lipinski definition) is 2. The minimum atomic E-state index is -4.57. The van der Waals surface area contributed by atoms with Crippen LogP contribution in [0.5, 0.6) is 0 Å². The summed E-state index contributed by atoms with van der Waals surface area (Å²) < 4.78 is 39.0. The van der Waals surface area contributed by atoms with Crippen LogP contribution in [0.4, 0.5) is 18.9 Å². The predicted octanol–water partition coefficient (Wildman–Crippen LogP) is 3.83. The van der Waals surface area contributed by atoms with Gasteiger partial charge in [-0.15, -0.1) is 0 Å². The molecule has 1 fully saturated rings. The summed E-state index contributed by atoms with van der Waals surface area (Å²) >= 11 is 5.61. The van der Waals surface area contributed by atoms with E-state index in [4.69, 9.17) is 11.6 Å². The molecule has 1 unspecified atom stereocenters. The molecule has 1 aromatic carbocycles. The van der Waals surface area contributed by atoms with Crippen LogP contribution >= 0.6 is 11.6 Å². The number of carbonyl (C=O) groups is 1. The second kappa shape index (κ2) is 5.85. The Hall–Kier alpha value is -1.27. The molecule has 0 radical (unpaired) electrons. The maximum absolute atomic E-state index is 13.0. The van der Waals surface area contributed by atoms with Crippen molar-refractivity contribution >= 4 is 23.2 Å². The first kappa shape index (κ1) is 16.1. The first-order chi connectivity index (χ1) is 9.72. The third kappa shape index (κ3) is 3.68. The Morgan fingerprint density at radius 3 is 2.67 bits per heavy atom. The first-order valence-corrected chi connectivity index (χ1v) is 7.03. The molecule has 21 heavy (non-hydrogen) atoms. The van der Waals surface area contributed by atoms with Crippen LogP contribution in [0.1, 0.15) is 31.7 Å². The zero-order valence-electron chi connectivity index (χ0n) is 11.5. The summed E-state index contributed by atoms with van der Waals surface area (Å²) in [5, 5.41) is 5.41. The maximum Gasteiger partial charge on any atom is 0.418 e. The highest BCUT2D eigenvalue weighted by Gasteiger charge is 2.38. The predicted molar refractivity (Wildman–Crippen MR) is 75.3 cm³/mol. The van der Waals surface area contributed by atoms with Crippen molar-refractivity contribution < 1.29 is 18.0 Å². The molecule has 116 valence electrons. The Bertz CT molecular complexity index is 540. The van der Waals surface area contributed by atoms with Crippen LogP contribution in [0.25, 0.3) is 0 Å². The minimum Gasteiger partial charge on any atom is -0.324 e. The van der Waals surface area contributed by atoms with E-state index < -0.39 is 23.2 Å². The Balaban J connectivity index is 2.25. The standard InChI is InChI=1S/C14H16ClF3N2O/c1-13(6-2-3-7-19-13)12(21)20-11-5-4-9(15)8-10(11)14(16,17)18/h4-5,8,19H,2-3,6-7H2,1H3,(H,20,21). The lowest BCUT2D eigenvalue weighted by atomic mass is 9.90. The monoisotopic (exact) mass is 320 g/mol. The number of alkyl halides is 3. The van der Waals surface area contributed by atoms with Gasteiger partial charge in [0.25, 0.3) is 0 Å². The highest BCUT2D eigenvalue weighted by atomic mass is 35.5. The molecule has 3 nitrogen and oxygen atoms in total. The van der Waals surface area contributed by atoms with Gasteiger partial charge in [-0.1, -0.05) is 11.6 Å². The summed E-state index contributed by atoms with van der Waals surface area (Å²) in [4.78, 5) is 12.3. The minimum absolute atomic E-state index is 0.0256. The lowest BCUT2D eigenvalue weighted by molar-refractivity contribution is -0.137. The third-order valence-electron chi connectivity index (χ3n) is 3.66. The van der Waals surface area contributed by atoms with Crippen molar-refractivity contribution in [3.8, 4) is 0 Å². The van der Waals surface area contributed by atoms with Gasteiger partial charge < -0.3 is 10.6 Å². The van der Waals surface area contributed by atoms with Gasteiger partial charge in [0.2, 0.25) is 5.91 Å². The largest absolute Gasteiger partial charge is 0.418 e. The van der Waals surface area contributed by atoms with Gasteiger partial charge in [0.15, 0.2) is 0 Å². The summed E-state index contributed by atoms with van der Waals surface area (Å²) in [7, 11) is 0. The normalized spacial score (nSPS) is 22.9. The molecule has 1 aliphatic rings. The number of anilines is 1. The van der Waals surface area contributed by atoms with Crippen molar-refractivity contribution in [3.63, 3.8) is 0 Å². The molecule has 0 saturated carbocycles. The number of amides is 1. The highest BCUT2D eigenvalue weighted by molar-refractivity contribution is 6.30. The van der Waals surface area contributed by atoms with Gasteiger partial charge in [-0.2, -0.15) is 13.2 Å². The number of hydrogen-bond donors (Lipinski definition) is 2. The third-order valence-corrected chi connectivity index (χ3v) is 3.89. The number of nitrogens with one attached hydrogen (secondary N) is 2. The van der Waals surface area contributed by atoms with Crippen molar-refractivity contribution in [1.82, 2.24) is 5.32 Å². The zero-order valence-corrected chi connectivity index (χ0v) is 12.2. The van der Waals surface area contributed by atoms with Crippen molar-refractivity contribution in [2.24, 2.45) is 0 Å². The van der Waals surface area contributed by atoms with Gasteiger partial charge in [-0.25, -0.2) is 0 Å². The number of halogens is 4. The van der Waals surface area contributed by atoms with Crippen LogP contribution in [0.15, 0.2) is 18.2 Å². The second-order valence-electron chi connectivity index (χ2n) is 5.36. The van der Waals surface area contributed by atoms with Crippen molar-refractivity contribution in [1.29, 1.82) is 0 Å². The quantitative estimate of drug-likeness (QED) is 0.869. The number of carbonyl (C=O) groups excluding carboxylic acids is 1. The maximum atomic E-state index is 13.0. The molecule has 1 heterocycles. The molecule has 1 saturated heterocycles. The van der Waals surface area contributed by atoms with Crippen molar-refractivity contribution in [2.45, 2.75) is 37.9 Å². The Morgan fingerprint density at radius 2 is 2.10 bits per heavy atom. The van der Waals surface area contributed by atoms with Gasteiger partial charge in [-0.05, 0) is 50.9 Å². The molecule has 0 spiro atoms. The smallest absolute Gasteiger partial charge is 0.324 e. The molecule has 1 aliphatic heterocycles. The summed E-state index contributed by atoms with van der Waals surface area (Å²) in [6.45, 7) is 2.38.